The summed E-state index contributed by atoms with van der Waals surface area (Å²) < 4.78 is 18.4. The van der Waals surface area contributed by atoms with E-state index in [0.717, 1.165) is 17.4 Å². The van der Waals surface area contributed by atoms with Crippen molar-refractivity contribution in [3.63, 3.8) is 0 Å². The van der Waals surface area contributed by atoms with E-state index in [1.807, 2.05) is 0 Å². The lowest BCUT2D eigenvalue weighted by Gasteiger charge is -2.10. The number of methoxy groups -OCH3 is 1. The summed E-state index contributed by atoms with van der Waals surface area (Å²) in [4.78, 5) is 46.9. The van der Waals surface area contributed by atoms with Gasteiger partial charge in [0, 0.05) is 12.2 Å². The zero-order chi connectivity index (χ0) is 23.5. The molecule has 1 saturated heterocycles. The Morgan fingerprint density at radius 3 is 2.58 bits per heavy atom. The number of esters is 1. The summed E-state index contributed by atoms with van der Waals surface area (Å²) in [6.07, 6.45) is 1.50. The number of aromatic nitrogens is 4. The predicted octanol–water partition coefficient (Wildman–Crippen LogP) is 1.11. The Balaban J connectivity index is 1.93. The third-order valence-electron chi connectivity index (χ3n) is 5.44. The average Bonchev–Trinajstić information content (AvgIpc) is 3.41. The maximum Gasteiger partial charge on any atom is 0.331 e. The Bertz CT molecular complexity index is 1240. The second-order valence-corrected chi connectivity index (χ2v) is 7.58. The fourth-order valence-corrected chi connectivity index (χ4v) is 3.89. The van der Waals surface area contributed by atoms with Gasteiger partial charge >= 0.3 is 11.7 Å². The number of hydrogen-bond acceptors (Lipinski definition) is 8. The zero-order valence-corrected chi connectivity index (χ0v) is 18.4. The van der Waals surface area contributed by atoms with Crippen molar-refractivity contribution in [2.75, 3.05) is 20.3 Å². The molecule has 1 atom stereocenters. The van der Waals surface area contributed by atoms with Gasteiger partial charge in [0.2, 0.25) is 0 Å². The number of imidazole rings is 1. The van der Waals surface area contributed by atoms with E-state index in [1.54, 1.807) is 38.3 Å². The lowest BCUT2D eigenvalue weighted by atomic mass is 10.2. The van der Waals surface area contributed by atoms with Gasteiger partial charge in [0.05, 0.1) is 26.4 Å². The molecular formula is C22H25N5O6. The number of fused-ring (bicyclic) bond motifs is 1. The first-order valence-corrected chi connectivity index (χ1v) is 10.7. The lowest BCUT2D eigenvalue weighted by Crippen LogP contribution is -2.31. The van der Waals surface area contributed by atoms with Crippen LogP contribution >= 0.6 is 0 Å². The van der Waals surface area contributed by atoms with E-state index >= 15 is 0 Å². The normalized spacial score (nSPS) is 15.6. The van der Waals surface area contributed by atoms with Crippen LogP contribution in [-0.4, -0.2) is 57.4 Å². The summed E-state index contributed by atoms with van der Waals surface area (Å²) in [5.74, 6) is -0.603. The maximum absolute atomic E-state index is 13.3. The van der Waals surface area contributed by atoms with E-state index < -0.39 is 24.1 Å². The van der Waals surface area contributed by atoms with Crippen LogP contribution in [0.25, 0.3) is 22.6 Å². The molecule has 2 aromatic heterocycles. The second-order valence-electron chi connectivity index (χ2n) is 7.58. The SMILES string of the molecule is CCOC(=O)Cn1c(=O)n(C[C@@H]2CCCO2)c2nc(-c3ccc(OC)cc3)nc(C(N)=O)c21. The number of nitrogens with two attached hydrogens (primary N) is 1. The Morgan fingerprint density at radius 1 is 1.21 bits per heavy atom. The van der Waals surface area contributed by atoms with Gasteiger partial charge in [-0.15, -0.1) is 0 Å². The average molecular weight is 455 g/mol. The first-order valence-electron chi connectivity index (χ1n) is 10.7. The first-order chi connectivity index (χ1) is 15.9. The van der Waals surface area contributed by atoms with Gasteiger partial charge in [-0.05, 0) is 44.0 Å². The highest BCUT2D eigenvalue weighted by atomic mass is 16.5. The highest BCUT2D eigenvalue weighted by Gasteiger charge is 2.27. The topological polar surface area (TPSA) is 141 Å². The number of rotatable bonds is 8. The largest absolute Gasteiger partial charge is 0.497 e. The highest BCUT2D eigenvalue weighted by Crippen LogP contribution is 2.24. The second kappa shape index (κ2) is 9.41. The van der Waals surface area contributed by atoms with Crippen LogP contribution in [0.1, 0.15) is 30.3 Å². The number of amides is 1. The third-order valence-corrected chi connectivity index (χ3v) is 5.44. The van der Waals surface area contributed by atoms with Crippen molar-refractivity contribution >= 4 is 23.0 Å². The predicted molar refractivity (Wildman–Crippen MR) is 118 cm³/mol. The number of benzene rings is 1. The van der Waals surface area contributed by atoms with Gasteiger partial charge in [-0.3, -0.25) is 18.7 Å². The molecule has 3 aromatic rings. The molecule has 0 saturated carbocycles. The molecule has 0 spiro atoms. The molecule has 0 bridgehead atoms. The summed E-state index contributed by atoms with van der Waals surface area (Å²) in [5.41, 5.74) is 5.87. The van der Waals surface area contributed by atoms with Crippen molar-refractivity contribution in [3.8, 4) is 17.1 Å². The molecule has 33 heavy (non-hydrogen) atoms. The van der Waals surface area contributed by atoms with E-state index in [9.17, 15) is 14.4 Å². The number of carbonyl (C=O) groups is 2. The van der Waals surface area contributed by atoms with Crippen molar-refractivity contribution in [2.45, 2.75) is 39.0 Å². The molecule has 2 N–H and O–H groups in total. The van der Waals surface area contributed by atoms with Gasteiger partial charge in [-0.1, -0.05) is 0 Å². The first kappa shape index (κ1) is 22.5. The fraction of sp³-hybridized carbons (Fsp3) is 0.409. The van der Waals surface area contributed by atoms with Crippen LogP contribution in [0.5, 0.6) is 5.75 Å². The standard InChI is InChI=1S/C22H25N5O6/c1-3-32-16(28)12-26-18-17(19(23)29)24-20(13-6-8-14(31-2)9-7-13)25-21(18)27(22(26)30)11-15-5-4-10-33-15/h6-9,15H,3-5,10-12H2,1-2H3,(H2,23,29)/t15-/m0/s1. The number of nitrogens with zero attached hydrogens (tertiary/aromatic N) is 4. The van der Waals surface area contributed by atoms with Gasteiger partial charge in [-0.25, -0.2) is 14.8 Å². The van der Waals surface area contributed by atoms with Crippen molar-refractivity contribution in [1.29, 1.82) is 0 Å². The minimum atomic E-state index is -0.843. The van der Waals surface area contributed by atoms with Crippen LogP contribution in [0.4, 0.5) is 0 Å². The molecule has 0 radical (unpaired) electrons. The van der Waals surface area contributed by atoms with Crippen LogP contribution in [0.15, 0.2) is 29.1 Å². The zero-order valence-electron chi connectivity index (χ0n) is 18.4. The smallest absolute Gasteiger partial charge is 0.331 e. The summed E-state index contributed by atoms with van der Waals surface area (Å²) >= 11 is 0. The van der Waals surface area contributed by atoms with E-state index in [1.165, 1.54) is 4.57 Å². The van der Waals surface area contributed by atoms with Gasteiger partial charge in [0.1, 0.15) is 17.8 Å². The van der Waals surface area contributed by atoms with Crippen LogP contribution < -0.4 is 16.2 Å². The molecule has 1 aliphatic rings. The minimum Gasteiger partial charge on any atom is -0.497 e. The molecule has 1 aromatic carbocycles. The van der Waals surface area contributed by atoms with E-state index in [0.29, 0.717) is 17.9 Å². The van der Waals surface area contributed by atoms with Crippen LogP contribution in [-0.2, 0) is 27.4 Å². The van der Waals surface area contributed by atoms with Crippen molar-refractivity contribution < 1.29 is 23.8 Å². The Kier molecular flexibility index (Phi) is 6.40. The molecule has 0 aliphatic carbocycles. The fourth-order valence-electron chi connectivity index (χ4n) is 3.89. The van der Waals surface area contributed by atoms with E-state index in [-0.39, 0.29) is 41.9 Å². The minimum absolute atomic E-state index is 0.0933. The summed E-state index contributed by atoms with van der Waals surface area (Å²) in [7, 11) is 1.55. The Hall–Kier alpha value is -3.73. The van der Waals surface area contributed by atoms with Gasteiger partial charge in [0.15, 0.2) is 17.2 Å². The summed E-state index contributed by atoms with van der Waals surface area (Å²) in [6.45, 7) is 2.26. The molecule has 11 heteroatoms. The Morgan fingerprint density at radius 2 is 1.97 bits per heavy atom. The molecule has 1 amide bonds. The summed E-state index contributed by atoms with van der Waals surface area (Å²) in [6, 6.07) is 6.95. The molecule has 1 fully saturated rings. The Labute approximate surface area is 189 Å². The van der Waals surface area contributed by atoms with Gasteiger partial charge in [0.25, 0.3) is 5.91 Å². The van der Waals surface area contributed by atoms with Crippen LogP contribution in [0.2, 0.25) is 0 Å². The van der Waals surface area contributed by atoms with E-state index in [4.69, 9.17) is 19.9 Å². The number of ether oxygens (including phenoxy) is 3. The van der Waals surface area contributed by atoms with E-state index in [2.05, 4.69) is 9.97 Å². The highest BCUT2D eigenvalue weighted by molar-refractivity contribution is 6.02. The number of hydrogen-bond donors (Lipinski definition) is 1. The van der Waals surface area contributed by atoms with Gasteiger partial charge in [-0.2, -0.15) is 0 Å². The molecule has 11 nitrogen and oxygen atoms in total. The molecule has 0 unspecified atom stereocenters. The molecule has 4 rings (SSSR count). The molecular weight excluding hydrogens is 430 g/mol. The monoisotopic (exact) mass is 455 g/mol. The summed E-state index contributed by atoms with van der Waals surface area (Å²) in [5, 5.41) is 0. The van der Waals surface area contributed by atoms with Crippen LogP contribution in [0.3, 0.4) is 0 Å². The molecule has 1 aliphatic heterocycles. The number of carbonyl (C=O) groups excluding carboxylic acids is 2. The van der Waals surface area contributed by atoms with Crippen molar-refractivity contribution in [3.05, 3.63) is 40.4 Å². The quantitative estimate of drug-likeness (QED) is 0.498. The number of primary amides is 1. The van der Waals surface area contributed by atoms with Crippen LogP contribution in [0, 0.1) is 0 Å². The van der Waals surface area contributed by atoms with Crippen molar-refractivity contribution in [2.24, 2.45) is 5.73 Å². The van der Waals surface area contributed by atoms with Gasteiger partial charge < -0.3 is 19.9 Å². The molecule has 174 valence electrons. The third kappa shape index (κ3) is 4.44. The van der Waals surface area contributed by atoms with Crippen molar-refractivity contribution in [1.82, 2.24) is 19.1 Å². The molecule has 3 heterocycles. The lowest BCUT2D eigenvalue weighted by molar-refractivity contribution is -0.143. The maximum atomic E-state index is 13.3.